The van der Waals surface area contributed by atoms with Crippen LogP contribution in [0.3, 0.4) is 0 Å². The quantitative estimate of drug-likeness (QED) is 0.688. The van der Waals surface area contributed by atoms with Crippen molar-refractivity contribution in [3.05, 3.63) is 35.9 Å². The van der Waals surface area contributed by atoms with Gasteiger partial charge < -0.3 is 16.2 Å². The molecule has 0 saturated carbocycles. The molecule has 0 saturated heterocycles. The van der Waals surface area contributed by atoms with E-state index in [1.165, 1.54) is 6.08 Å². The lowest BCUT2D eigenvalue weighted by atomic mass is 10.1. The average Bonchev–Trinajstić information content (AvgIpc) is 2.25. The summed E-state index contributed by atoms with van der Waals surface area (Å²) in [6.45, 7) is 1.76. The van der Waals surface area contributed by atoms with E-state index in [2.05, 4.69) is 5.32 Å². The van der Waals surface area contributed by atoms with Crippen molar-refractivity contribution in [2.24, 2.45) is 5.73 Å². The first-order chi connectivity index (χ1) is 8.47. The number of nitrogens with two attached hydrogens (primary N) is 1. The van der Waals surface area contributed by atoms with Crippen LogP contribution in [0.25, 0.3) is 6.08 Å². The van der Waals surface area contributed by atoms with Gasteiger partial charge in [-0.05, 0) is 30.7 Å². The van der Waals surface area contributed by atoms with Gasteiger partial charge in [0.1, 0.15) is 0 Å². The van der Waals surface area contributed by atoms with Gasteiger partial charge in [-0.25, -0.2) is 4.79 Å². The molecule has 5 heteroatoms. The summed E-state index contributed by atoms with van der Waals surface area (Å²) in [5, 5.41) is 11.2. The molecule has 0 aromatic heterocycles. The van der Waals surface area contributed by atoms with Crippen LogP contribution in [0.1, 0.15) is 18.9 Å². The van der Waals surface area contributed by atoms with Crippen LogP contribution in [0.15, 0.2) is 30.3 Å². The van der Waals surface area contributed by atoms with Crippen LogP contribution in [-0.4, -0.2) is 23.0 Å². The van der Waals surface area contributed by atoms with Crippen LogP contribution in [0.5, 0.6) is 0 Å². The van der Waals surface area contributed by atoms with Gasteiger partial charge in [-0.2, -0.15) is 0 Å². The van der Waals surface area contributed by atoms with Crippen LogP contribution in [0.2, 0.25) is 0 Å². The molecule has 5 nitrogen and oxygen atoms in total. The normalized spacial score (nSPS) is 12.3. The second-order valence-electron chi connectivity index (χ2n) is 4.03. The zero-order valence-corrected chi connectivity index (χ0v) is 10.1. The van der Waals surface area contributed by atoms with Crippen LogP contribution < -0.4 is 11.1 Å². The van der Waals surface area contributed by atoms with Crippen molar-refractivity contribution in [3.63, 3.8) is 0 Å². The highest BCUT2D eigenvalue weighted by molar-refractivity contribution is 5.91. The minimum atomic E-state index is -1.01. The molecule has 96 valence electrons. The predicted molar refractivity (Wildman–Crippen MR) is 70.0 cm³/mol. The second kappa shape index (κ2) is 6.56. The third-order valence-corrected chi connectivity index (χ3v) is 2.10. The van der Waals surface area contributed by atoms with Crippen molar-refractivity contribution < 1.29 is 14.7 Å². The number of nitrogens with one attached hydrogen (secondary N) is 1. The molecule has 0 bridgehead atoms. The fraction of sp³-hybridized carbons (Fsp3) is 0.231. The lowest BCUT2D eigenvalue weighted by Crippen LogP contribution is -2.23. The summed E-state index contributed by atoms with van der Waals surface area (Å²) in [6, 6.07) is 6.72. The SMILES string of the molecule is CC(N)CC(=O)Nc1cccc(/C=C/C(=O)O)c1. The molecule has 4 N–H and O–H groups in total. The van der Waals surface area contributed by atoms with Gasteiger partial charge in [0.25, 0.3) is 0 Å². The maximum absolute atomic E-state index is 11.5. The molecule has 0 aliphatic rings. The maximum atomic E-state index is 11.5. The highest BCUT2D eigenvalue weighted by atomic mass is 16.4. The van der Waals surface area contributed by atoms with Gasteiger partial charge >= 0.3 is 5.97 Å². The number of carboxylic acids is 1. The molecule has 1 amide bonds. The van der Waals surface area contributed by atoms with Crippen LogP contribution in [0, 0.1) is 0 Å². The fourth-order valence-electron chi connectivity index (χ4n) is 1.39. The molecule has 1 unspecified atom stereocenters. The Balaban J connectivity index is 2.70. The number of hydrogen-bond donors (Lipinski definition) is 3. The first-order valence-electron chi connectivity index (χ1n) is 5.54. The van der Waals surface area contributed by atoms with Gasteiger partial charge in [0, 0.05) is 24.2 Å². The Kier molecular flexibility index (Phi) is 5.07. The van der Waals surface area contributed by atoms with E-state index in [0.717, 1.165) is 6.08 Å². The Morgan fingerprint density at radius 3 is 2.83 bits per heavy atom. The van der Waals surface area contributed by atoms with E-state index >= 15 is 0 Å². The summed E-state index contributed by atoms with van der Waals surface area (Å²) in [7, 11) is 0. The number of benzene rings is 1. The topological polar surface area (TPSA) is 92.4 Å². The summed E-state index contributed by atoms with van der Waals surface area (Å²) < 4.78 is 0. The van der Waals surface area contributed by atoms with Crippen molar-refractivity contribution in [2.75, 3.05) is 5.32 Å². The lowest BCUT2D eigenvalue weighted by molar-refractivity contribution is -0.131. The van der Waals surface area contributed by atoms with Gasteiger partial charge in [0.05, 0.1) is 0 Å². The van der Waals surface area contributed by atoms with Crippen LogP contribution in [-0.2, 0) is 9.59 Å². The Labute approximate surface area is 105 Å². The van der Waals surface area contributed by atoms with E-state index in [-0.39, 0.29) is 18.4 Å². The van der Waals surface area contributed by atoms with Gasteiger partial charge in [-0.3, -0.25) is 4.79 Å². The van der Waals surface area contributed by atoms with E-state index in [9.17, 15) is 9.59 Å². The Hall–Kier alpha value is -2.14. The molecule has 0 aliphatic heterocycles. The molecular formula is C13H16N2O3. The Bertz CT molecular complexity index is 467. The molecule has 0 aliphatic carbocycles. The molecular weight excluding hydrogens is 232 g/mol. The van der Waals surface area contributed by atoms with E-state index in [0.29, 0.717) is 11.3 Å². The minimum Gasteiger partial charge on any atom is -0.478 e. The molecule has 0 radical (unpaired) electrons. The smallest absolute Gasteiger partial charge is 0.328 e. The highest BCUT2D eigenvalue weighted by Crippen LogP contribution is 2.12. The largest absolute Gasteiger partial charge is 0.478 e. The Morgan fingerprint density at radius 2 is 2.22 bits per heavy atom. The fourth-order valence-corrected chi connectivity index (χ4v) is 1.39. The number of anilines is 1. The molecule has 18 heavy (non-hydrogen) atoms. The average molecular weight is 248 g/mol. The number of amides is 1. The monoisotopic (exact) mass is 248 g/mol. The highest BCUT2D eigenvalue weighted by Gasteiger charge is 2.05. The first-order valence-corrected chi connectivity index (χ1v) is 5.54. The minimum absolute atomic E-state index is 0.163. The van der Waals surface area contributed by atoms with Crippen molar-refractivity contribution in [1.82, 2.24) is 0 Å². The van der Waals surface area contributed by atoms with Crippen LogP contribution in [0.4, 0.5) is 5.69 Å². The number of rotatable bonds is 5. The molecule has 1 aromatic carbocycles. The van der Waals surface area contributed by atoms with E-state index < -0.39 is 5.97 Å². The van der Waals surface area contributed by atoms with Crippen molar-refractivity contribution in [3.8, 4) is 0 Å². The molecule has 0 heterocycles. The van der Waals surface area contributed by atoms with Crippen LogP contribution >= 0.6 is 0 Å². The maximum Gasteiger partial charge on any atom is 0.328 e. The molecule has 0 fully saturated rings. The molecule has 1 rings (SSSR count). The van der Waals surface area contributed by atoms with E-state index in [1.54, 1.807) is 31.2 Å². The predicted octanol–water partition coefficient (Wildman–Crippen LogP) is 1.46. The number of aliphatic carboxylic acids is 1. The summed E-state index contributed by atoms with van der Waals surface area (Å²) in [5.74, 6) is -1.18. The molecule has 1 aromatic rings. The third-order valence-electron chi connectivity index (χ3n) is 2.10. The summed E-state index contributed by atoms with van der Waals surface area (Å²) in [6.07, 6.45) is 2.75. The lowest BCUT2D eigenvalue weighted by Gasteiger charge is -2.07. The summed E-state index contributed by atoms with van der Waals surface area (Å²) in [4.78, 5) is 21.9. The van der Waals surface area contributed by atoms with E-state index in [1.807, 2.05) is 0 Å². The summed E-state index contributed by atoms with van der Waals surface area (Å²) >= 11 is 0. The van der Waals surface area contributed by atoms with E-state index in [4.69, 9.17) is 10.8 Å². The van der Waals surface area contributed by atoms with Crippen molar-refractivity contribution in [1.29, 1.82) is 0 Å². The third kappa shape index (κ3) is 5.27. The number of carbonyl (C=O) groups is 2. The van der Waals surface area contributed by atoms with Gasteiger partial charge in [0.15, 0.2) is 0 Å². The van der Waals surface area contributed by atoms with Crippen molar-refractivity contribution in [2.45, 2.75) is 19.4 Å². The molecule has 1 atom stereocenters. The number of carboxylic acid groups (broad SMARTS) is 1. The zero-order valence-electron chi connectivity index (χ0n) is 10.1. The molecule has 0 spiro atoms. The number of hydrogen-bond acceptors (Lipinski definition) is 3. The van der Waals surface area contributed by atoms with Gasteiger partial charge in [0.2, 0.25) is 5.91 Å². The van der Waals surface area contributed by atoms with Crippen molar-refractivity contribution >= 4 is 23.6 Å². The number of carbonyl (C=O) groups excluding carboxylic acids is 1. The second-order valence-corrected chi connectivity index (χ2v) is 4.03. The van der Waals surface area contributed by atoms with Gasteiger partial charge in [-0.1, -0.05) is 12.1 Å². The standard InChI is InChI=1S/C13H16N2O3/c1-9(14)7-12(16)15-11-4-2-3-10(8-11)5-6-13(17)18/h2-6,8-9H,7,14H2,1H3,(H,15,16)(H,17,18)/b6-5+. The first kappa shape index (κ1) is 13.9. The Morgan fingerprint density at radius 1 is 1.50 bits per heavy atom. The summed E-state index contributed by atoms with van der Waals surface area (Å²) in [5.41, 5.74) is 6.84. The van der Waals surface area contributed by atoms with Gasteiger partial charge in [-0.15, -0.1) is 0 Å². The zero-order chi connectivity index (χ0) is 13.5.